The molecule has 0 radical (unpaired) electrons. The number of rotatable bonds is 5. The SMILES string of the molecule is COc1ccc(Br)cc1C[NH+](C)CN1C(=O)[C@H]2CCCC[C@@H]2C1=O. The zero-order valence-electron chi connectivity index (χ0n) is 14.2. The number of carbonyl (C=O) groups excluding carboxylic acids is 2. The smallest absolute Gasteiger partial charge is 0.237 e. The van der Waals surface area contributed by atoms with E-state index in [9.17, 15) is 9.59 Å². The Morgan fingerprint density at radius 3 is 2.42 bits per heavy atom. The molecule has 1 aromatic rings. The van der Waals surface area contributed by atoms with Crippen LogP contribution in [0.3, 0.4) is 0 Å². The fourth-order valence-corrected chi connectivity index (χ4v) is 4.33. The summed E-state index contributed by atoms with van der Waals surface area (Å²) < 4.78 is 6.40. The van der Waals surface area contributed by atoms with Gasteiger partial charge in [-0.05, 0) is 31.0 Å². The number of benzene rings is 1. The van der Waals surface area contributed by atoms with Gasteiger partial charge in [-0.25, -0.2) is 4.90 Å². The zero-order chi connectivity index (χ0) is 17.3. The first-order valence-corrected chi connectivity index (χ1v) is 9.29. The van der Waals surface area contributed by atoms with Crippen LogP contribution in [0.2, 0.25) is 0 Å². The Morgan fingerprint density at radius 2 is 1.83 bits per heavy atom. The van der Waals surface area contributed by atoms with E-state index in [1.165, 1.54) is 4.90 Å². The van der Waals surface area contributed by atoms with Crippen LogP contribution in [-0.4, -0.2) is 37.5 Å². The molecule has 24 heavy (non-hydrogen) atoms. The largest absolute Gasteiger partial charge is 0.496 e. The van der Waals surface area contributed by atoms with Crippen molar-refractivity contribution in [2.75, 3.05) is 20.8 Å². The number of carbonyl (C=O) groups is 2. The van der Waals surface area contributed by atoms with Gasteiger partial charge < -0.3 is 9.64 Å². The lowest BCUT2D eigenvalue weighted by Crippen LogP contribution is -3.09. The molecule has 0 spiro atoms. The van der Waals surface area contributed by atoms with Gasteiger partial charge in [0.2, 0.25) is 11.8 Å². The van der Waals surface area contributed by atoms with Crippen LogP contribution in [0.5, 0.6) is 5.75 Å². The minimum absolute atomic E-state index is 0.0326. The Hall–Kier alpha value is -1.40. The van der Waals surface area contributed by atoms with Crippen LogP contribution < -0.4 is 9.64 Å². The third-order valence-corrected chi connectivity index (χ3v) is 5.59. The minimum Gasteiger partial charge on any atom is -0.496 e. The van der Waals surface area contributed by atoms with E-state index in [0.717, 1.165) is 46.4 Å². The number of ether oxygens (including phenoxy) is 1. The van der Waals surface area contributed by atoms with Gasteiger partial charge in [-0.1, -0.05) is 28.8 Å². The number of fused-ring (bicyclic) bond motifs is 1. The lowest BCUT2D eigenvalue weighted by Gasteiger charge is -2.21. The molecule has 2 fully saturated rings. The number of amides is 2. The van der Waals surface area contributed by atoms with Crippen molar-refractivity contribution in [2.45, 2.75) is 32.2 Å². The van der Waals surface area contributed by atoms with Gasteiger partial charge in [-0.3, -0.25) is 9.59 Å². The number of hydrogen-bond donors (Lipinski definition) is 1. The van der Waals surface area contributed by atoms with Crippen LogP contribution in [0.4, 0.5) is 0 Å². The first-order valence-electron chi connectivity index (χ1n) is 8.50. The predicted molar refractivity (Wildman–Crippen MR) is 93.5 cm³/mol. The van der Waals surface area contributed by atoms with E-state index in [2.05, 4.69) is 15.9 Å². The summed E-state index contributed by atoms with van der Waals surface area (Å²) in [5, 5.41) is 0. The van der Waals surface area contributed by atoms with Crippen molar-refractivity contribution < 1.29 is 19.2 Å². The number of nitrogens with one attached hydrogen (secondary N) is 1. The van der Waals surface area contributed by atoms with E-state index >= 15 is 0 Å². The molecule has 130 valence electrons. The van der Waals surface area contributed by atoms with Gasteiger partial charge in [0.1, 0.15) is 12.3 Å². The molecule has 1 saturated carbocycles. The molecule has 5 nitrogen and oxygen atoms in total. The zero-order valence-corrected chi connectivity index (χ0v) is 15.8. The van der Waals surface area contributed by atoms with Crippen LogP contribution in [0, 0.1) is 11.8 Å². The third kappa shape index (κ3) is 3.35. The molecule has 3 atom stereocenters. The molecule has 1 heterocycles. The van der Waals surface area contributed by atoms with Crippen molar-refractivity contribution in [1.82, 2.24) is 4.90 Å². The molecule has 2 amide bonds. The maximum absolute atomic E-state index is 12.6. The van der Waals surface area contributed by atoms with Crippen molar-refractivity contribution in [2.24, 2.45) is 11.8 Å². The van der Waals surface area contributed by atoms with Gasteiger partial charge in [0.25, 0.3) is 0 Å². The number of likely N-dealkylation sites (tertiary alicyclic amines) is 1. The molecule has 0 bridgehead atoms. The second-order valence-corrected chi connectivity index (χ2v) is 7.77. The second kappa shape index (κ2) is 7.23. The Labute approximate surface area is 151 Å². The van der Waals surface area contributed by atoms with Crippen LogP contribution in [0.1, 0.15) is 31.2 Å². The second-order valence-electron chi connectivity index (χ2n) is 6.85. The van der Waals surface area contributed by atoms with Crippen LogP contribution >= 0.6 is 15.9 Å². The quantitative estimate of drug-likeness (QED) is 0.770. The summed E-state index contributed by atoms with van der Waals surface area (Å²) in [7, 11) is 3.66. The highest BCUT2D eigenvalue weighted by Gasteiger charge is 2.49. The van der Waals surface area contributed by atoms with Gasteiger partial charge in [0, 0.05) is 10.0 Å². The lowest BCUT2D eigenvalue weighted by molar-refractivity contribution is -0.901. The molecular weight excluding hydrogens is 372 g/mol. The predicted octanol–water partition coefficient (Wildman–Crippen LogP) is 1.61. The molecule has 1 aliphatic heterocycles. The Kier molecular flexibility index (Phi) is 5.25. The fraction of sp³-hybridized carbons (Fsp3) is 0.556. The van der Waals surface area contributed by atoms with Gasteiger partial charge in [0.15, 0.2) is 6.67 Å². The maximum atomic E-state index is 12.6. The van der Waals surface area contributed by atoms with E-state index in [4.69, 9.17) is 4.74 Å². The topological polar surface area (TPSA) is 51.1 Å². The van der Waals surface area contributed by atoms with Crippen molar-refractivity contribution in [3.63, 3.8) is 0 Å². The highest BCUT2D eigenvalue weighted by Crippen LogP contribution is 2.37. The summed E-state index contributed by atoms with van der Waals surface area (Å²) in [6.07, 6.45) is 3.85. The molecule has 3 rings (SSSR count). The van der Waals surface area contributed by atoms with Crippen LogP contribution in [-0.2, 0) is 16.1 Å². The number of methoxy groups -OCH3 is 1. The lowest BCUT2D eigenvalue weighted by atomic mass is 9.81. The minimum atomic E-state index is -0.0699. The summed E-state index contributed by atoms with van der Waals surface area (Å²) in [6.45, 7) is 1.11. The summed E-state index contributed by atoms with van der Waals surface area (Å²) in [5.74, 6) is 0.750. The molecule has 6 heteroatoms. The van der Waals surface area contributed by atoms with Gasteiger partial charge in [-0.15, -0.1) is 0 Å². The number of quaternary nitrogens is 1. The summed E-state index contributed by atoms with van der Waals surface area (Å²) >= 11 is 3.48. The molecule has 1 saturated heterocycles. The van der Waals surface area contributed by atoms with Crippen LogP contribution in [0.25, 0.3) is 0 Å². The van der Waals surface area contributed by atoms with Gasteiger partial charge >= 0.3 is 0 Å². The molecule has 2 aliphatic rings. The van der Waals surface area contributed by atoms with E-state index in [1.54, 1.807) is 7.11 Å². The maximum Gasteiger partial charge on any atom is 0.237 e. The monoisotopic (exact) mass is 395 g/mol. The number of nitrogens with zero attached hydrogens (tertiary/aromatic N) is 1. The average molecular weight is 396 g/mol. The highest BCUT2D eigenvalue weighted by atomic mass is 79.9. The number of hydrogen-bond acceptors (Lipinski definition) is 3. The highest BCUT2D eigenvalue weighted by molar-refractivity contribution is 9.10. The summed E-state index contributed by atoms with van der Waals surface area (Å²) in [4.78, 5) is 27.7. The van der Waals surface area contributed by atoms with Gasteiger partial charge in [-0.2, -0.15) is 0 Å². The summed E-state index contributed by atoms with van der Waals surface area (Å²) in [6, 6.07) is 5.89. The number of halogens is 1. The van der Waals surface area contributed by atoms with Crippen molar-refractivity contribution >= 4 is 27.7 Å². The third-order valence-electron chi connectivity index (χ3n) is 5.10. The number of imide groups is 1. The Morgan fingerprint density at radius 1 is 1.21 bits per heavy atom. The van der Waals surface area contributed by atoms with E-state index in [1.807, 2.05) is 25.2 Å². The molecule has 1 unspecified atom stereocenters. The van der Waals surface area contributed by atoms with Gasteiger partial charge in [0.05, 0.1) is 26.0 Å². The summed E-state index contributed by atoms with van der Waals surface area (Å²) in [5.41, 5.74) is 1.06. The van der Waals surface area contributed by atoms with Crippen molar-refractivity contribution in [3.8, 4) is 5.75 Å². The van der Waals surface area contributed by atoms with Crippen molar-refractivity contribution in [3.05, 3.63) is 28.2 Å². The molecule has 1 aliphatic carbocycles. The average Bonchev–Trinajstić information content (AvgIpc) is 2.80. The van der Waals surface area contributed by atoms with Crippen molar-refractivity contribution in [1.29, 1.82) is 0 Å². The first kappa shape index (κ1) is 17.4. The van der Waals surface area contributed by atoms with E-state index < -0.39 is 0 Å². The standard InChI is InChI=1S/C18H23BrN2O3/c1-20(10-12-9-13(19)7-8-16(12)24-2)11-21-17(22)14-5-3-4-6-15(14)18(21)23/h7-9,14-15H,3-6,10-11H2,1-2H3/p+1/t14-,15-/m0/s1. The van der Waals surface area contributed by atoms with E-state index in [0.29, 0.717) is 13.2 Å². The molecule has 0 aromatic heterocycles. The normalized spacial score (nSPS) is 24.9. The van der Waals surface area contributed by atoms with Crippen LogP contribution in [0.15, 0.2) is 22.7 Å². The van der Waals surface area contributed by atoms with E-state index in [-0.39, 0.29) is 23.7 Å². The molecular formula is C18H24BrN2O3+. The Bertz CT molecular complexity index is 625. The Balaban J connectivity index is 1.69. The first-order chi connectivity index (χ1) is 11.5. The fourth-order valence-electron chi connectivity index (χ4n) is 3.92. The molecule has 1 aromatic carbocycles. The molecule has 1 N–H and O–H groups in total.